The minimum Gasteiger partial charge on any atom is -0.480 e. The molecule has 96 valence electrons. The zero-order valence-corrected chi connectivity index (χ0v) is 10.6. The lowest BCUT2D eigenvalue weighted by molar-refractivity contribution is -0.139. The Balaban J connectivity index is 4.45. The normalized spacial score (nSPS) is 13.4. The fraction of sp³-hybridized carbons (Fsp3) is 0.909. The first-order valence-electron chi connectivity index (χ1n) is 5.46. The van der Waals surface area contributed by atoms with E-state index in [2.05, 4.69) is 13.8 Å². The van der Waals surface area contributed by atoms with Crippen molar-refractivity contribution in [2.24, 2.45) is 5.92 Å². The van der Waals surface area contributed by atoms with Gasteiger partial charge in [0.1, 0.15) is 0 Å². The van der Waals surface area contributed by atoms with Gasteiger partial charge in [-0.05, 0) is 5.92 Å². The van der Waals surface area contributed by atoms with Gasteiger partial charge < -0.3 is 14.6 Å². The number of hydrogen-bond acceptors (Lipinski definition) is 4. The number of aliphatic carboxylic acids is 1. The maximum absolute atomic E-state index is 10.8. The summed E-state index contributed by atoms with van der Waals surface area (Å²) >= 11 is 0. The van der Waals surface area contributed by atoms with Gasteiger partial charge in [-0.25, -0.2) is 0 Å². The van der Waals surface area contributed by atoms with E-state index in [0.29, 0.717) is 25.7 Å². The Kier molecular flexibility index (Phi) is 8.15. The van der Waals surface area contributed by atoms with Gasteiger partial charge in [0.25, 0.3) is 0 Å². The van der Waals surface area contributed by atoms with E-state index in [4.69, 9.17) is 14.6 Å². The van der Waals surface area contributed by atoms with Crippen LogP contribution in [0.1, 0.15) is 13.8 Å². The van der Waals surface area contributed by atoms with E-state index in [1.807, 2.05) is 4.90 Å². The van der Waals surface area contributed by atoms with Crippen LogP contribution in [0.3, 0.4) is 0 Å². The number of ether oxygens (including phenoxy) is 2. The second-order valence-corrected chi connectivity index (χ2v) is 4.12. The van der Waals surface area contributed by atoms with Crippen molar-refractivity contribution in [1.29, 1.82) is 0 Å². The molecule has 0 bridgehead atoms. The van der Waals surface area contributed by atoms with Crippen LogP contribution < -0.4 is 0 Å². The molecule has 0 aromatic carbocycles. The van der Waals surface area contributed by atoms with E-state index in [9.17, 15) is 4.79 Å². The highest BCUT2D eigenvalue weighted by Crippen LogP contribution is 2.11. The number of rotatable bonds is 9. The summed E-state index contributed by atoms with van der Waals surface area (Å²) in [4.78, 5) is 12.7. The zero-order chi connectivity index (χ0) is 12.6. The third kappa shape index (κ3) is 6.05. The number of carboxylic acid groups (broad SMARTS) is 1. The van der Waals surface area contributed by atoms with E-state index in [1.54, 1.807) is 14.2 Å². The van der Waals surface area contributed by atoms with Gasteiger partial charge in [0.15, 0.2) is 0 Å². The van der Waals surface area contributed by atoms with Crippen LogP contribution >= 0.6 is 0 Å². The standard InChI is InChI=1S/C11H23NO4/c1-9(2)10(8-16-4)12(5-6-15-3)7-11(13)14/h9-10H,5-8H2,1-4H3,(H,13,14). The predicted molar refractivity (Wildman–Crippen MR) is 61.6 cm³/mol. The molecule has 0 spiro atoms. The van der Waals surface area contributed by atoms with Gasteiger partial charge in [0.2, 0.25) is 0 Å². The van der Waals surface area contributed by atoms with Crippen LogP contribution in [0.25, 0.3) is 0 Å². The molecule has 16 heavy (non-hydrogen) atoms. The summed E-state index contributed by atoms with van der Waals surface area (Å²) in [6, 6.07) is 0.108. The summed E-state index contributed by atoms with van der Waals surface area (Å²) in [5.41, 5.74) is 0. The van der Waals surface area contributed by atoms with Crippen LogP contribution in [0.4, 0.5) is 0 Å². The minimum absolute atomic E-state index is 0.0234. The molecular formula is C11H23NO4. The molecular weight excluding hydrogens is 210 g/mol. The largest absolute Gasteiger partial charge is 0.480 e. The SMILES string of the molecule is COCCN(CC(=O)O)C(COC)C(C)C. The molecule has 0 radical (unpaired) electrons. The quantitative estimate of drug-likeness (QED) is 0.635. The van der Waals surface area contributed by atoms with Gasteiger partial charge in [0, 0.05) is 26.8 Å². The van der Waals surface area contributed by atoms with Crippen molar-refractivity contribution in [1.82, 2.24) is 4.90 Å². The molecule has 5 nitrogen and oxygen atoms in total. The van der Waals surface area contributed by atoms with Crippen LogP contribution in [0, 0.1) is 5.92 Å². The molecule has 0 aliphatic carbocycles. The van der Waals surface area contributed by atoms with Gasteiger partial charge in [0.05, 0.1) is 19.8 Å². The molecule has 0 fully saturated rings. The average Bonchev–Trinajstić information content (AvgIpc) is 2.20. The highest BCUT2D eigenvalue weighted by molar-refractivity contribution is 5.69. The third-order valence-electron chi connectivity index (χ3n) is 2.50. The first-order valence-corrected chi connectivity index (χ1v) is 5.46. The van der Waals surface area contributed by atoms with Crippen LogP contribution in [0.2, 0.25) is 0 Å². The molecule has 1 atom stereocenters. The summed E-state index contributed by atoms with van der Waals surface area (Å²) in [6.45, 7) is 5.82. The zero-order valence-electron chi connectivity index (χ0n) is 10.6. The molecule has 0 aromatic rings. The maximum Gasteiger partial charge on any atom is 0.317 e. The lowest BCUT2D eigenvalue weighted by atomic mass is 10.0. The topological polar surface area (TPSA) is 59.0 Å². The number of methoxy groups -OCH3 is 2. The van der Waals surface area contributed by atoms with Crippen molar-refractivity contribution in [3.8, 4) is 0 Å². The van der Waals surface area contributed by atoms with Gasteiger partial charge >= 0.3 is 5.97 Å². The minimum atomic E-state index is -0.821. The van der Waals surface area contributed by atoms with Crippen LogP contribution in [-0.4, -0.2) is 62.5 Å². The number of carbonyl (C=O) groups is 1. The molecule has 1 N–H and O–H groups in total. The van der Waals surface area contributed by atoms with E-state index < -0.39 is 5.97 Å². The molecule has 0 saturated carbocycles. The number of carboxylic acids is 1. The van der Waals surface area contributed by atoms with Gasteiger partial charge in [-0.1, -0.05) is 13.8 Å². The molecule has 0 amide bonds. The molecule has 0 rings (SSSR count). The highest BCUT2D eigenvalue weighted by atomic mass is 16.5. The van der Waals surface area contributed by atoms with Gasteiger partial charge in [-0.2, -0.15) is 0 Å². The van der Waals surface area contributed by atoms with E-state index in [1.165, 1.54) is 0 Å². The van der Waals surface area contributed by atoms with Crippen molar-refractivity contribution in [2.45, 2.75) is 19.9 Å². The van der Waals surface area contributed by atoms with Crippen molar-refractivity contribution < 1.29 is 19.4 Å². The predicted octanol–water partition coefficient (Wildman–Crippen LogP) is 0.690. The second kappa shape index (κ2) is 8.50. The Morgan fingerprint density at radius 3 is 2.31 bits per heavy atom. The van der Waals surface area contributed by atoms with Crippen LogP contribution in [0.5, 0.6) is 0 Å². The Hall–Kier alpha value is -0.650. The number of nitrogens with zero attached hydrogens (tertiary/aromatic N) is 1. The third-order valence-corrected chi connectivity index (χ3v) is 2.50. The fourth-order valence-corrected chi connectivity index (χ4v) is 1.63. The van der Waals surface area contributed by atoms with E-state index >= 15 is 0 Å². The van der Waals surface area contributed by atoms with Crippen molar-refractivity contribution in [2.75, 3.05) is 40.5 Å². The molecule has 0 aromatic heterocycles. The van der Waals surface area contributed by atoms with Crippen LogP contribution in [-0.2, 0) is 14.3 Å². The highest BCUT2D eigenvalue weighted by Gasteiger charge is 2.23. The molecule has 0 aliphatic heterocycles. The van der Waals surface area contributed by atoms with E-state index in [-0.39, 0.29) is 12.6 Å². The first-order chi connectivity index (χ1) is 7.52. The summed E-state index contributed by atoms with van der Waals surface area (Å²) in [6.07, 6.45) is 0. The molecule has 5 heteroatoms. The summed E-state index contributed by atoms with van der Waals surface area (Å²) < 4.78 is 10.1. The number of hydrogen-bond donors (Lipinski definition) is 1. The van der Waals surface area contributed by atoms with Crippen molar-refractivity contribution >= 4 is 5.97 Å². The lowest BCUT2D eigenvalue weighted by Crippen LogP contribution is -2.46. The van der Waals surface area contributed by atoms with Crippen molar-refractivity contribution in [3.05, 3.63) is 0 Å². The lowest BCUT2D eigenvalue weighted by Gasteiger charge is -2.32. The monoisotopic (exact) mass is 233 g/mol. The smallest absolute Gasteiger partial charge is 0.317 e. The first kappa shape index (κ1) is 15.3. The molecule has 0 heterocycles. The van der Waals surface area contributed by atoms with Crippen molar-refractivity contribution in [3.63, 3.8) is 0 Å². The Morgan fingerprint density at radius 2 is 1.94 bits per heavy atom. The summed E-state index contributed by atoms with van der Waals surface area (Å²) in [5.74, 6) is -0.478. The van der Waals surface area contributed by atoms with Gasteiger partial charge in [-0.15, -0.1) is 0 Å². The maximum atomic E-state index is 10.8. The average molecular weight is 233 g/mol. The Bertz CT molecular complexity index is 196. The molecule has 1 unspecified atom stereocenters. The molecule has 0 aliphatic rings. The molecule has 0 saturated heterocycles. The second-order valence-electron chi connectivity index (χ2n) is 4.12. The van der Waals surface area contributed by atoms with Crippen LogP contribution in [0.15, 0.2) is 0 Å². The Labute approximate surface area is 97.3 Å². The summed E-state index contributed by atoms with van der Waals surface area (Å²) in [5, 5.41) is 8.86. The summed E-state index contributed by atoms with van der Waals surface area (Å²) in [7, 11) is 3.24. The van der Waals surface area contributed by atoms with E-state index in [0.717, 1.165) is 0 Å². The Morgan fingerprint density at radius 1 is 1.31 bits per heavy atom. The fourth-order valence-electron chi connectivity index (χ4n) is 1.63. The van der Waals surface area contributed by atoms with Gasteiger partial charge in [-0.3, -0.25) is 9.69 Å².